The Morgan fingerprint density at radius 3 is 2.57 bits per heavy atom. The van der Waals surface area contributed by atoms with E-state index in [2.05, 4.69) is 24.5 Å². The van der Waals surface area contributed by atoms with Crippen LogP contribution in [0.25, 0.3) is 0 Å². The van der Waals surface area contributed by atoms with Crippen LogP contribution in [0.15, 0.2) is 18.2 Å². The van der Waals surface area contributed by atoms with Crippen LogP contribution in [0.3, 0.4) is 0 Å². The Morgan fingerprint density at radius 1 is 1.33 bits per heavy atom. The number of rotatable bonds is 6. The third-order valence-electron chi connectivity index (χ3n) is 3.29. The Morgan fingerprint density at radius 2 is 2.00 bits per heavy atom. The molecule has 0 aliphatic rings. The lowest BCUT2D eigenvalue weighted by molar-refractivity contribution is 0.0698. The van der Waals surface area contributed by atoms with Gasteiger partial charge < -0.3 is 15.7 Å². The third kappa shape index (κ3) is 5.41. The molecule has 1 aromatic rings. The molecule has 5 nitrogen and oxygen atoms in total. The zero-order valence-electron chi connectivity index (χ0n) is 12.4. The van der Waals surface area contributed by atoms with Crippen molar-refractivity contribution in [3.05, 3.63) is 29.6 Å². The lowest BCUT2D eigenvalue weighted by Crippen LogP contribution is -2.37. The van der Waals surface area contributed by atoms with Gasteiger partial charge in [-0.05, 0) is 37.5 Å². The fraction of sp³-hybridized carbons (Fsp3) is 0.467. The topological polar surface area (TPSA) is 78.4 Å². The van der Waals surface area contributed by atoms with Crippen LogP contribution in [0.5, 0.6) is 0 Å². The fourth-order valence-corrected chi connectivity index (χ4v) is 2.02. The number of amides is 2. The van der Waals surface area contributed by atoms with Gasteiger partial charge in [0, 0.05) is 6.04 Å². The Kier molecular flexibility index (Phi) is 6.14. The number of carboxylic acids is 1. The number of carbonyl (C=O) groups is 2. The molecular formula is C15H21FN2O3. The normalized spacial score (nSPS) is 13.3. The molecule has 0 saturated carbocycles. The maximum absolute atomic E-state index is 13.2. The van der Waals surface area contributed by atoms with Gasteiger partial charge in [-0.2, -0.15) is 0 Å². The number of urea groups is 1. The van der Waals surface area contributed by atoms with Gasteiger partial charge in [-0.15, -0.1) is 0 Å². The summed E-state index contributed by atoms with van der Waals surface area (Å²) >= 11 is 0. The lowest BCUT2D eigenvalue weighted by atomic mass is 10.0. The minimum atomic E-state index is -1.22. The van der Waals surface area contributed by atoms with Crippen LogP contribution in [0, 0.1) is 11.7 Å². The lowest BCUT2D eigenvalue weighted by Gasteiger charge is -2.18. The molecule has 0 fully saturated rings. The highest BCUT2D eigenvalue weighted by molar-refractivity contribution is 6.00. The van der Waals surface area contributed by atoms with E-state index < -0.39 is 17.8 Å². The summed E-state index contributed by atoms with van der Waals surface area (Å²) in [6.07, 6.45) is 1.83. The summed E-state index contributed by atoms with van der Waals surface area (Å²) in [6, 6.07) is 2.55. The molecule has 1 rings (SSSR count). The van der Waals surface area contributed by atoms with Crippen molar-refractivity contribution in [1.29, 1.82) is 0 Å². The van der Waals surface area contributed by atoms with Gasteiger partial charge in [0.25, 0.3) is 0 Å². The Bertz CT molecular complexity index is 520. The largest absolute Gasteiger partial charge is 0.478 e. The summed E-state index contributed by atoms with van der Waals surface area (Å²) in [5, 5.41) is 14.1. The molecule has 1 aromatic carbocycles. The summed E-state index contributed by atoms with van der Waals surface area (Å²) in [6.45, 7) is 6.03. The van der Waals surface area contributed by atoms with E-state index in [9.17, 15) is 14.0 Å². The number of carboxylic acid groups (broad SMARTS) is 1. The Hall–Kier alpha value is -2.11. The van der Waals surface area contributed by atoms with Gasteiger partial charge in [-0.25, -0.2) is 14.0 Å². The van der Waals surface area contributed by atoms with E-state index >= 15 is 0 Å². The first-order chi connectivity index (χ1) is 9.83. The molecule has 2 amide bonds. The van der Waals surface area contributed by atoms with Gasteiger partial charge in [0.2, 0.25) is 0 Å². The van der Waals surface area contributed by atoms with Gasteiger partial charge >= 0.3 is 12.0 Å². The Balaban J connectivity index is 2.70. The van der Waals surface area contributed by atoms with Gasteiger partial charge in [0.05, 0.1) is 11.3 Å². The first-order valence-corrected chi connectivity index (χ1v) is 6.93. The number of nitrogens with one attached hydrogen (secondary N) is 2. The van der Waals surface area contributed by atoms with Crippen LogP contribution in [0.1, 0.15) is 44.0 Å². The molecule has 0 aromatic heterocycles. The van der Waals surface area contributed by atoms with Crippen LogP contribution >= 0.6 is 0 Å². The molecule has 0 aliphatic heterocycles. The zero-order chi connectivity index (χ0) is 16.0. The Labute approximate surface area is 123 Å². The molecule has 0 aliphatic carbocycles. The predicted octanol–water partition coefficient (Wildman–Crippen LogP) is 3.47. The standard InChI is InChI=1S/C15H21FN2O3/c1-4-9(2)7-10(3)17-15(21)18-13-8-11(16)5-6-12(13)14(19)20/h5-6,8-10H,4,7H2,1-3H3,(H,19,20)(H2,17,18,21). The second-order valence-corrected chi connectivity index (χ2v) is 5.24. The third-order valence-corrected chi connectivity index (χ3v) is 3.29. The predicted molar refractivity (Wildman–Crippen MR) is 79.0 cm³/mol. The number of anilines is 1. The fourth-order valence-electron chi connectivity index (χ4n) is 2.02. The van der Waals surface area contributed by atoms with E-state index in [0.29, 0.717) is 5.92 Å². The van der Waals surface area contributed by atoms with Crippen molar-refractivity contribution in [1.82, 2.24) is 5.32 Å². The first kappa shape index (κ1) is 16.9. The number of aromatic carboxylic acids is 1. The molecule has 6 heteroatoms. The second-order valence-electron chi connectivity index (χ2n) is 5.24. The number of halogens is 1. The summed E-state index contributed by atoms with van der Waals surface area (Å²) in [5.41, 5.74) is -0.211. The van der Waals surface area contributed by atoms with Crippen LogP contribution in [-0.2, 0) is 0 Å². The summed E-state index contributed by atoms with van der Waals surface area (Å²) in [4.78, 5) is 22.9. The quantitative estimate of drug-likeness (QED) is 0.752. The summed E-state index contributed by atoms with van der Waals surface area (Å²) in [7, 11) is 0. The molecule has 21 heavy (non-hydrogen) atoms. The van der Waals surface area contributed by atoms with E-state index in [1.807, 2.05) is 6.92 Å². The van der Waals surface area contributed by atoms with Crippen molar-refractivity contribution in [2.24, 2.45) is 5.92 Å². The molecule has 2 atom stereocenters. The highest BCUT2D eigenvalue weighted by atomic mass is 19.1. The number of carbonyl (C=O) groups excluding carboxylic acids is 1. The zero-order valence-corrected chi connectivity index (χ0v) is 12.4. The van der Waals surface area contributed by atoms with E-state index in [4.69, 9.17) is 5.11 Å². The first-order valence-electron chi connectivity index (χ1n) is 6.93. The molecule has 3 N–H and O–H groups in total. The minimum absolute atomic E-state index is 0.0539. The molecular weight excluding hydrogens is 275 g/mol. The maximum Gasteiger partial charge on any atom is 0.337 e. The van der Waals surface area contributed by atoms with Crippen LogP contribution in [0.2, 0.25) is 0 Å². The van der Waals surface area contributed by atoms with E-state index in [0.717, 1.165) is 31.0 Å². The highest BCUT2D eigenvalue weighted by Crippen LogP contribution is 2.17. The molecule has 0 saturated heterocycles. The van der Waals surface area contributed by atoms with Crippen LogP contribution < -0.4 is 10.6 Å². The van der Waals surface area contributed by atoms with Crippen molar-refractivity contribution in [3.63, 3.8) is 0 Å². The second kappa shape index (κ2) is 7.61. The van der Waals surface area contributed by atoms with E-state index in [1.54, 1.807) is 0 Å². The van der Waals surface area contributed by atoms with Gasteiger partial charge in [0.15, 0.2) is 0 Å². The summed E-state index contributed by atoms with van der Waals surface area (Å²) < 4.78 is 13.2. The molecule has 0 radical (unpaired) electrons. The number of hydrogen-bond donors (Lipinski definition) is 3. The van der Waals surface area contributed by atoms with E-state index in [1.165, 1.54) is 0 Å². The average Bonchev–Trinajstić information content (AvgIpc) is 2.37. The molecule has 116 valence electrons. The van der Waals surface area contributed by atoms with Crippen molar-refractivity contribution in [3.8, 4) is 0 Å². The smallest absolute Gasteiger partial charge is 0.337 e. The SMILES string of the molecule is CCC(C)CC(C)NC(=O)Nc1cc(F)ccc1C(=O)O. The maximum atomic E-state index is 13.2. The monoisotopic (exact) mass is 296 g/mol. The van der Waals surface area contributed by atoms with Gasteiger partial charge in [-0.1, -0.05) is 20.3 Å². The van der Waals surface area contributed by atoms with Gasteiger partial charge in [-0.3, -0.25) is 0 Å². The average molecular weight is 296 g/mol. The van der Waals surface area contributed by atoms with Crippen molar-refractivity contribution in [2.45, 2.75) is 39.7 Å². The molecule has 0 spiro atoms. The molecule has 2 unspecified atom stereocenters. The van der Waals surface area contributed by atoms with Gasteiger partial charge in [0.1, 0.15) is 5.82 Å². The van der Waals surface area contributed by atoms with Crippen molar-refractivity contribution >= 4 is 17.7 Å². The van der Waals surface area contributed by atoms with Crippen LogP contribution in [-0.4, -0.2) is 23.1 Å². The van der Waals surface area contributed by atoms with Crippen molar-refractivity contribution in [2.75, 3.05) is 5.32 Å². The van der Waals surface area contributed by atoms with Crippen molar-refractivity contribution < 1.29 is 19.1 Å². The van der Waals surface area contributed by atoms with E-state index in [-0.39, 0.29) is 17.3 Å². The number of hydrogen-bond acceptors (Lipinski definition) is 2. The van der Waals surface area contributed by atoms with Crippen LogP contribution in [0.4, 0.5) is 14.9 Å². The highest BCUT2D eigenvalue weighted by Gasteiger charge is 2.15. The minimum Gasteiger partial charge on any atom is -0.478 e. The molecule has 0 heterocycles. The summed E-state index contributed by atoms with van der Waals surface area (Å²) in [5.74, 6) is -1.36. The number of benzene rings is 1. The molecule has 0 bridgehead atoms.